The number of amides is 1. The van der Waals surface area contributed by atoms with Crippen LogP contribution in [0.1, 0.15) is 18.9 Å². The topological polar surface area (TPSA) is 59.8 Å². The zero-order valence-corrected chi connectivity index (χ0v) is 15.8. The van der Waals surface area contributed by atoms with E-state index in [2.05, 4.69) is 46.1 Å². The van der Waals surface area contributed by atoms with Gasteiger partial charge in [-0.25, -0.2) is 0 Å². The summed E-state index contributed by atoms with van der Waals surface area (Å²) < 4.78 is 2.09. The predicted molar refractivity (Wildman–Crippen MR) is 106 cm³/mol. The van der Waals surface area contributed by atoms with Gasteiger partial charge in [-0.15, -0.1) is 10.2 Å². The predicted octanol–water partition coefficient (Wildman–Crippen LogP) is 4.39. The molecule has 6 heteroatoms. The molecule has 0 aliphatic rings. The molecule has 2 aromatic carbocycles. The van der Waals surface area contributed by atoms with Crippen LogP contribution in [0.3, 0.4) is 0 Å². The van der Waals surface area contributed by atoms with Gasteiger partial charge in [0.05, 0.1) is 0 Å². The Morgan fingerprint density at radius 3 is 2.65 bits per heavy atom. The second-order valence-corrected chi connectivity index (χ2v) is 6.99. The van der Waals surface area contributed by atoms with Crippen LogP contribution in [0.25, 0.3) is 11.4 Å². The van der Waals surface area contributed by atoms with E-state index in [9.17, 15) is 4.79 Å². The largest absolute Gasteiger partial charge is 0.326 e. The van der Waals surface area contributed by atoms with Crippen LogP contribution in [0.4, 0.5) is 5.69 Å². The summed E-state index contributed by atoms with van der Waals surface area (Å²) in [6, 6.07) is 17.7. The average molecular weight is 366 g/mol. The zero-order valence-electron chi connectivity index (χ0n) is 15.0. The number of para-hydroxylation sites is 1. The highest BCUT2D eigenvalue weighted by Gasteiger charge is 2.13. The normalized spacial score (nSPS) is 10.7. The first-order valence-corrected chi connectivity index (χ1v) is 9.64. The van der Waals surface area contributed by atoms with Gasteiger partial charge < -0.3 is 9.88 Å². The minimum absolute atomic E-state index is 0.00479. The second-order valence-electron chi connectivity index (χ2n) is 5.93. The van der Waals surface area contributed by atoms with E-state index >= 15 is 0 Å². The number of carbonyl (C=O) groups excluding carboxylic acids is 1. The number of anilines is 1. The van der Waals surface area contributed by atoms with E-state index in [1.165, 1.54) is 5.56 Å². The van der Waals surface area contributed by atoms with Gasteiger partial charge in [0.15, 0.2) is 11.0 Å². The van der Waals surface area contributed by atoms with Crippen molar-refractivity contribution in [2.24, 2.45) is 0 Å². The van der Waals surface area contributed by atoms with E-state index in [4.69, 9.17) is 0 Å². The smallest absolute Gasteiger partial charge is 0.225 e. The van der Waals surface area contributed by atoms with Crippen molar-refractivity contribution in [1.82, 2.24) is 14.8 Å². The highest BCUT2D eigenvalue weighted by molar-refractivity contribution is 7.99. The van der Waals surface area contributed by atoms with Gasteiger partial charge >= 0.3 is 0 Å². The van der Waals surface area contributed by atoms with Gasteiger partial charge in [0.1, 0.15) is 0 Å². The molecule has 3 aromatic rings. The molecule has 0 unspecified atom stereocenters. The first-order valence-electron chi connectivity index (χ1n) is 8.65. The maximum absolute atomic E-state index is 12.1. The fourth-order valence-corrected chi connectivity index (χ4v) is 3.60. The molecule has 0 radical (unpaired) electrons. The van der Waals surface area contributed by atoms with E-state index in [0.717, 1.165) is 28.8 Å². The van der Waals surface area contributed by atoms with E-state index in [1.807, 2.05) is 42.5 Å². The van der Waals surface area contributed by atoms with Crippen LogP contribution in [-0.2, 0) is 11.3 Å². The SMILES string of the molecule is CCn1c(SCCC(=O)Nc2ccccc2)nnc1-c1cccc(C)c1. The molecule has 0 aliphatic heterocycles. The molecule has 1 amide bonds. The van der Waals surface area contributed by atoms with Crippen LogP contribution in [0, 0.1) is 6.92 Å². The summed E-state index contributed by atoms with van der Waals surface area (Å²) in [6.07, 6.45) is 0.427. The Morgan fingerprint density at radius 1 is 1.12 bits per heavy atom. The maximum atomic E-state index is 12.1. The quantitative estimate of drug-likeness (QED) is 0.630. The van der Waals surface area contributed by atoms with E-state index < -0.39 is 0 Å². The van der Waals surface area contributed by atoms with Crippen molar-refractivity contribution in [3.8, 4) is 11.4 Å². The molecule has 3 rings (SSSR count). The van der Waals surface area contributed by atoms with Crippen molar-refractivity contribution < 1.29 is 4.79 Å². The first-order chi connectivity index (χ1) is 12.7. The Kier molecular flexibility index (Phi) is 6.07. The standard InChI is InChI=1S/C20H22N4OS/c1-3-24-19(16-9-7-8-15(2)14-16)22-23-20(24)26-13-12-18(25)21-17-10-5-4-6-11-17/h4-11,14H,3,12-13H2,1-2H3,(H,21,25). The third-order valence-corrected chi connectivity index (χ3v) is 4.90. The van der Waals surface area contributed by atoms with Crippen molar-refractivity contribution in [2.75, 3.05) is 11.1 Å². The Balaban J connectivity index is 1.61. The molecule has 1 aromatic heterocycles. The Bertz CT molecular complexity index is 877. The van der Waals surface area contributed by atoms with Gasteiger partial charge in [-0.1, -0.05) is 53.7 Å². The Morgan fingerprint density at radius 2 is 1.92 bits per heavy atom. The van der Waals surface area contributed by atoms with Gasteiger partial charge in [-0.3, -0.25) is 4.79 Å². The van der Waals surface area contributed by atoms with Crippen molar-refractivity contribution in [3.63, 3.8) is 0 Å². The number of aryl methyl sites for hydroxylation is 1. The molecular weight excluding hydrogens is 344 g/mol. The summed E-state index contributed by atoms with van der Waals surface area (Å²) in [5.41, 5.74) is 3.08. The van der Waals surface area contributed by atoms with E-state index in [-0.39, 0.29) is 5.91 Å². The van der Waals surface area contributed by atoms with Crippen LogP contribution in [0.15, 0.2) is 59.8 Å². The summed E-state index contributed by atoms with van der Waals surface area (Å²) >= 11 is 1.56. The van der Waals surface area contributed by atoms with Gasteiger partial charge in [0.2, 0.25) is 5.91 Å². The van der Waals surface area contributed by atoms with E-state index in [1.54, 1.807) is 11.8 Å². The van der Waals surface area contributed by atoms with Gasteiger partial charge in [0, 0.05) is 30.0 Å². The molecule has 1 N–H and O–H groups in total. The summed E-state index contributed by atoms with van der Waals surface area (Å²) in [5, 5.41) is 12.4. The van der Waals surface area contributed by atoms with Crippen molar-refractivity contribution in [1.29, 1.82) is 0 Å². The highest BCUT2D eigenvalue weighted by Crippen LogP contribution is 2.25. The molecule has 26 heavy (non-hydrogen) atoms. The van der Waals surface area contributed by atoms with Crippen LogP contribution in [0.5, 0.6) is 0 Å². The molecule has 0 atom stereocenters. The molecule has 134 valence electrons. The molecule has 0 aliphatic carbocycles. The van der Waals surface area contributed by atoms with Crippen LogP contribution >= 0.6 is 11.8 Å². The lowest BCUT2D eigenvalue weighted by atomic mass is 10.1. The maximum Gasteiger partial charge on any atom is 0.225 e. The minimum Gasteiger partial charge on any atom is -0.326 e. The minimum atomic E-state index is 0.00479. The lowest BCUT2D eigenvalue weighted by Crippen LogP contribution is -2.12. The third-order valence-electron chi connectivity index (χ3n) is 3.93. The van der Waals surface area contributed by atoms with Crippen LogP contribution in [-0.4, -0.2) is 26.4 Å². The third kappa shape index (κ3) is 4.52. The Hall–Kier alpha value is -2.60. The van der Waals surface area contributed by atoms with Crippen LogP contribution in [0.2, 0.25) is 0 Å². The molecule has 0 bridgehead atoms. The van der Waals surface area contributed by atoms with E-state index in [0.29, 0.717) is 12.2 Å². The molecular formula is C20H22N4OS. The molecule has 0 saturated carbocycles. The lowest BCUT2D eigenvalue weighted by Gasteiger charge is -2.08. The van der Waals surface area contributed by atoms with Gasteiger partial charge in [0.25, 0.3) is 0 Å². The average Bonchev–Trinajstić information content (AvgIpc) is 3.05. The Labute approximate surface area is 157 Å². The summed E-state index contributed by atoms with van der Waals surface area (Å²) in [7, 11) is 0. The highest BCUT2D eigenvalue weighted by atomic mass is 32.2. The fourth-order valence-electron chi connectivity index (χ4n) is 2.66. The second kappa shape index (κ2) is 8.67. The zero-order chi connectivity index (χ0) is 18.4. The van der Waals surface area contributed by atoms with Gasteiger partial charge in [-0.2, -0.15) is 0 Å². The first kappa shape index (κ1) is 18.2. The van der Waals surface area contributed by atoms with Crippen molar-refractivity contribution in [2.45, 2.75) is 32.0 Å². The molecule has 0 saturated heterocycles. The monoisotopic (exact) mass is 366 g/mol. The van der Waals surface area contributed by atoms with Gasteiger partial charge in [-0.05, 0) is 32.0 Å². The number of aromatic nitrogens is 3. The number of hydrogen-bond donors (Lipinski definition) is 1. The van der Waals surface area contributed by atoms with Crippen molar-refractivity contribution in [3.05, 3.63) is 60.2 Å². The van der Waals surface area contributed by atoms with Crippen LogP contribution < -0.4 is 5.32 Å². The summed E-state index contributed by atoms with van der Waals surface area (Å²) in [4.78, 5) is 12.1. The number of thioether (sulfide) groups is 1. The summed E-state index contributed by atoms with van der Waals surface area (Å²) in [6.45, 7) is 4.93. The number of carbonyl (C=O) groups is 1. The summed E-state index contributed by atoms with van der Waals surface area (Å²) in [5.74, 6) is 1.53. The molecule has 1 heterocycles. The molecule has 0 spiro atoms. The van der Waals surface area contributed by atoms with Crippen molar-refractivity contribution >= 4 is 23.4 Å². The number of benzene rings is 2. The number of nitrogens with one attached hydrogen (secondary N) is 1. The fraction of sp³-hybridized carbons (Fsp3) is 0.250. The molecule has 5 nitrogen and oxygen atoms in total. The number of rotatable bonds is 7. The lowest BCUT2D eigenvalue weighted by molar-refractivity contribution is -0.115. The molecule has 0 fully saturated rings. The number of hydrogen-bond acceptors (Lipinski definition) is 4. The number of nitrogens with zero attached hydrogens (tertiary/aromatic N) is 3.